The van der Waals surface area contributed by atoms with E-state index in [9.17, 15) is 9.59 Å². The molecular formula is C25H17N3O3S. The SMILES string of the molecule is N#Cc1ccccc1COc1ccc(/C=C2\SC(=NC(=O)c3ccccc3)NC2=O)cc1. The summed E-state index contributed by atoms with van der Waals surface area (Å²) in [5.41, 5.74) is 2.67. The van der Waals surface area contributed by atoms with Crippen LogP contribution < -0.4 is 10.1 Å². The van der Waals surface area contributed by atoms with Crippen molar-refractivity contribution in [1.82, 2.24) is 5.32 Å². The highest BCUT2D eigenvalue weighted by Crippen LogP contribution is 2.27. The van der Waals surface area contributed by atoms with Crippen molar-refractivity contribution >= 4 is 34.8 Å². The highest BCUT2D eigenvalue weighted by molar-refractivity contribution is 8.18. The number of carbonyl (C=O) groups excluding carboxylic acids is 2. The summed E-state index contributed by atoms with van der Waals surface area (Å²) < 4.78 is 5.77. The molecule has 2 amide bonds. The molecule has 32 heavy (non-hydrogen) atoms. The Bertz CT molecular complexity index is 1260. The second-order valence-corrected chi connectivity index (χ2v) is 7.81. The van der Waals surface area contributed by atoms with Gasteiger partial charge in [0.2, 0.25) is 0 Å². The summed E-state index contributed by atoms with van der Waals surface area (Å²) in [6, 6.07) is 25.4. The zero-order valence-electron chi connectivity index (χ0n) is 16.8. The fraction of sp³-hybridized carbons (Fsp3) is 0.0400. The van der Waals surface area contributed by atoms with Crippen molar-refractivity contribution < 1.29 is 14.3 Å². The van der Waals surface area contributed by atoms with E-state index >= 15 is 0 Å². The monoisotopic (exact) mass is 439 g/mol. The van der Waals surface area contributed by atoms with Gasteiger partial charge >= 0.3 is 0 Å². The maximum Gasteiger partial charge on any atom is 0.279 e. The minimum atomic E-state index is -0.408. The predicted molar refractivity (Wildman–Crippen MR) is 124 cm³/mol. The van der Waals surface area contributed by atoms with Crippen LogP contribution in [-0.4, -0.2) is 17.0 Å². The molecule has 0 atom stereocenters. The lowest BCUT2D eigenvalue weighted by atomic mass is 10.1. The third-order valence-corrected chi connectivity index (χ3v) is 5.49. The van der Waals surface area contributed by atoms with E-state index in [0.29, 0.717) is 21.8 Å². The standard InChI is InChI=1S/C25H17N3O3S/c26-15-19-8-4-5-9-20(19)16-31-21-12-10-17(11-13-21)14-22-24(30)28-25(32-22)27-23(29)18-6-2-1-3-7-18/h1-14H,16H2,(H,27,28,29,30)/b22-14-. The highest BCUT2D eigenvalue weighted by Gasteiger charge is 2.24. The van der Waals surface area contributed by atoms with E-state index in [2.05, 4.69) is 16.4 Å². The van der Waals surface area contributed by atoms with Crippen molar-refractivity contribution in [3.8, 4) is 11.8 Å². The molecule has 156 valence electrons. The molecule has 4 rings (SSSR count). The van der Waals surface area contributed by atoms with Gasteiger partial charge in [-0.2, -0.15) is 10.3 Å². The molecule has 0 spiro atoms. The minimum absolute atomic E-state index is 0.256. The number of ether oxygens (including phenoxy) is 1. The number of nitrogens with one attached hydrogen (secondary N) is 1. The topological polar surface area (TPSA) is 91.5 Å². The average molecular weight is 439 g/mol. The number of benzene rings is 3. The van der Waals surface area contributed by atoms with Crippen molar-refractivity contribution in [3.63, 3.8) is 0 Å². The van der Waals surface area contributed by atoms with Gasteiger partial charge in [0.25, 0.3) is 11.8 Å². The van der Waals surface area contributed by atoms with Gasteiger partial charge in [0.1, 0.15) is 12.4 Å². The molecule has 7 heteroatoms. The molecule has 0 unspecified atom stereocenters. The third-order valence-electron chi connectivity index (χ3n) is 4.58. The molecule has 1 fully saturated rings. The summed E-state index contributed by atoms with van der Waals surface area (Å²) in [6.07, 6.45) is 1.73. The second kappa shape index (κ2) is 9.77. The van der Waals surface area contributed by atoms with Crippen molar-refractivity contribution in [3.05, 3.63) is 106 Å². The van der Waals surface area contributed by atoms with Crippen LogP contribution in [0.3, 0.4) is 0 Å². The Labute approximate surface area is 189 Å². The number of thioether (sulfide) groups is 1. The van der Waals surface area contributed by atoms with Crippen LogP contribution in [0.25, 0.3) is 6.08 Å². The Hall–Kier alpha value is -4.15. The zero-order valence-corrected chi connectivity index (χ0v) is 17.6. The second-order valence-electron chi connectivity index (χ2n) is 6.78. The number of amides is 2. The summed E-state index contributed by atoms with van der Waals surface area (Å²) in [6.45, 7) is 0.289. The first kappa shape index (κ1) is 21.1. The summed E-state index contributed by atoms with van der Waals surface area (Å²) in [5, 5.41) is 12.0. The van der Waals surface area contributed by atoms with Gasteiger partial charge in [0.15, 0.2) is 5.17 Å². The fourth-order valence-electron chi connectivity index (χ4n) is 2.95. The number of nitriles is 1. The number of aliphatic imine (C=N–C) groups is 1. The first-order chi connectivity index (χ1) is 15.6. The van der Waals surface area contributed by atoms with Gasteiger partial charge in [-0.05, 0) is 53.7 Å². The fourth-order valence-corrected chi connectivity index (χ4v) is 3.77. The van der Waals surface area contributed by atoms with Gasteiger partial charge in [-0.3, -0.25) is 9.59 Å². The number of amidine groups is 1. The van der Waals surface area contributed by atoms with Crippen molar-refractivity contribution in [2.24, 2.45) is 4.99 Å². The van der Waals surface area contributed by atoms with Crippen LogP contribution in [0.15, 0.2) is 88.8 Å². The van der Waals surface area contributed by atoms with Crippen molar-refractivity contribution in [2.45, 2.75) is 6.61 Å². The first-order valence-corrected chi connectivity index (χ1v) is 10.5. The molecule has 0 radical (unpaired) electrons. The normalized spacial score (nSPS) is 15.4. The van der Waals surface area contributed by atoms with Crippen LogP contribution in [0.2, 0.25) is 0 Å². The number of rotatable bonds is 5. The van der Waals surface area contributed by atoms with Gasteiger partial charge in [-0.1, -0.05) is 48.5 Å². The molecule has 1 heterocycles. The van der Waals surface area contributed by atoms with Crippen LogP contribution in [0.1, 0.15) is 27.0 Å². The van der Waals surface area contributed by atoms with E-state index in [1.807, 2.05) is 36.4 Å². The van der Waals surface area contributed by atoms with Crippen molar-refractivity contribution in [1.29, 1.82) is 5.26 Å². The highest BCUT2D eigenvalue weighted by atomic mass is 32.2. The van der Waals surface area contributed by atoms with E-state index in [1.54, 1.807) is 48.5 Å². The Kier molecular flexibility index (Phi) is 6.44. The Balaban J connectivity index is 1.40. The van der Waals surface area contributed by atoms with E-state index < -0.39 is 5.91 Å². The molecule has 0 bridgehead atoms. The summed E-state index contributed by atoms with van der Waals surface area (Å²) in [5.74, 6) is -0.0590. The lowest BCUT2D eigenvalue weighted by molar-refractivity contribution is -0.115. The average Bonchev–Trinajstić information content (AvgIpc) is 3.17. The largest absolute Gasteiger partial charge is 0.489 e. The summed E-state index contributed by atoms with van der Waals surface area (Å²) in [4.78, 5) is 28.9. The maximum absolute atomic E-state index is 12.3. The zero-order chi connectivity index (χ0) is 22.3. The van der Waals surface area contributed by atoms with Crippen molar-refractivity contribution in [2.75, 3.05) is 0 Å². The molecule has 0 aromatic heterocycles. The molecular weight excluding hydrogens is 422 g/mol. The van der Waals surface area contributed by atoms with E-state index in [1.165, 1.54) is 0 Å². The van der Waals surface area contributed by atoms with E-state index in [4.69, 9.17) is 10.00 Å². The Morgan fingerprint density at radius 3 is 2.50 bits per heavy atom. The quantitative estimate of drug-likeness (QED) is 0.590. The Morgan fingerprint density at radius 1 is 1.03 bits per heavy atom. The molecule has 1 N–H and O–H groups in total. The van der Waals surface area contributed by atoms with Crippen LogP contribution >= 0.6 is 11.8 Å². The molecule has 3 aromatic carbocycles. The summed E-state index contributed by atoms with van der Waals surface area (Å²) in [7, 11) is 0. The molecule has 1 aliphatic rings. The molecule has 3 aromatic rings. The van der Waals surface area contributed by atoms with Gasteiger partial charge in [0.05, 0.1) is 16.5 Å². The summed E-state index contributed by atoms with van der Waals surface area (Å²) >= 11 is 1.12. The molecule has 6 nitrogen and oxygen atoms in total. The number of hydrogen-bond acceptors (Lipinski definition) is 5. The smallest absolute Gasteiger partial charge is 0.279 e. The number of carbonyl (C=O) groups is 2. The molecule has 1 aliphatic heterocycles. The number of nitrogens with zero attached hydrogens (tertiary/aromatic N) is 2. The van der Waals surface area contributed by atoms with E-state index in [-0.39, 0.29) is 17.7 Å². The third kappa shape index (κ3) is 5.12. The van der Waals surface area contributed by atoms with Crippen LogP contribution in [0, 0.1) is 11.3 Å². The van der Waals surface area contributed by atoms with E-state index in [0.717, 1.165) is 22.9 Å². The van der Waals surface area contributed by atoms with Gasteiger partial charge < -0.3 is 10.1 Å². The van der Waals surface area contributed by atoms with Gasteiger partial charge in [0, 0.05) is 11.1 Å². The predicted octanol–water partition coefficient (Wildman–Crippen LogP) is 4.54. The maximum atomic E-state index is 12.3. The van der Waals surface area contributed by atoms with Gasteiger partial charge in [-0.15, -0.1) is 0 Å². The van der Waals surface area contributed by atoms with Crippen LogP contribution in [0.4, 0.5) is 0 Å². The van der Waals surface area contributed by atoms with Gasteiger partial charge in [-0.25, -0.2) is 0 Å². The molecule has 1 saturated heterocycles. The lowest BCUT2D eigenvalue weighted by Crippen LogP contribution is -2.20. The Morgan fingerprint density at radius 2 is 1.75 bits per heavy atom. The minimum Gasteiger partial charge on any atom is -0.489 e. The molecule has 0 saturated carbocycles. The number of hydrogen-bond donors (Lipinski definition) is 1. The molecule has 0 aliphatic carbocycles. The van der Waals surface area contributed by atoms with Crippen LogP contribution in [0.5, 0.6) is 5.75 Å². The van der Waals surface area contributed by atoms with Crippen LogP contribution in [-0.2, 0) is 11.4 Å². The lowest BCUT2D eigenvalue weighted by Gasteiger charge is -2.07. The first-order valence-electron chi connectivity index (χ1n) is 9.72.